The van der Waals surface area contributed by atoms with Gasteiger partial charge in [-0.3, -0.25) is 4.79 Å². The number of Topliss-reactive ketones (excluding diaryl/α,β-unsaturated/α-hetero) is 1. The van der Waals surface area contributed by atoms with Crippen molar-refractivity contribution in [3.05, 3.63) is 29.8 Å². The van der Waals surface area contributed by atoms with Crippen LogP contribution in [-0.4, -0.2) is 23.6 Å². The van der Waals surface area contributed by atoms with Gasteiger partial charge in [-0.15, -0.1) is 11.6 Å². The van der Waals surface area contributed by atoms with Crippen molar-refractivity contribution in [1.29, 1.82) is 0 Å². The second-order valence-corrected chi connectivity index (χ2v) is 4.80. The van der Waals surface area contributed by atoms with Crippen molar-refractivity contribution in [3.63, 3.8) is 0 Å². The summed E-state index contributed by atoms with van der Waals surface area (Å²) in [5.74, 6) is 1.58. The Morgan fingerprint density at radius 2 is 1.94 bits per heavy atom. The molecule has 0 amide bonds. The van der Waals surface area contributed by atoms with E-state index in [1.165, 1.54) is 0 Å². The molecule has 0 N–H and O–H groups in total. The monoisotopic (exact) mass is 318 g/mol. The molecule has 0 bridgehead atoms. The van der Waals surface area contributed by atoms with Crippen LogP contribution in [0, 0.1) is 0 Å². The van der Waals surface area contributed by atoms with Gasteiger partial charge in [0.05, 0.1) is 6.61 Å². The van der Waals surface area contributed by atoms with Crippen LogP contribution in [0.4, 0.5) is 0 Å². The molecule has 4 heteroatoms. The number of carbonyl (C=O) groups excluding carboxylic acids is 1. The van der Waals surface area contributed by atoms with Gasteiger partial charge in [-0.25, -0.2) is 0 Å². The summed E-state index contributed by atoms with van der Waals surface area (Å²) in [6.07, 6.45) is 2.30. The molecule has 1 rings (SSSR count). The van der Waals surface area contributed by atoms with E-state index in [1.54, 1.807) is 0 Å². The number of unbranched alkanes of at least 4 members (excludes halogenated alkanes) is 1. The van der Waals surface area contributed by atoms with Crippen molar-refractivity contribution < 1.29 is 9.53 Å². The van der Waals surface area contributed by atoms with Crippen LogP contribution in [0.15, 0.2) is 24.3 Å². The largest absolute Gasteiger partial charge is 0.493 e. The van der Waals surface area contributed by atoms with Gasteiger partial charge in [0, 0.05) is 23.2 Å². The lowest BCUT2D eigenvalue weighted by Crippen LogP contribution is -2.01. The Balaban J connectivity index is 2.46. The Labute approximate surface area is 115 Å². The molecule has 0 saturated heterocycles. The molecule has 2 nitrogen and oxygen atoms in total. The molecule has 0 heterocycles. The SMILES string of the molecule is O=C(CCCCCl)c1ccc(OCCBr)cc1. The fourth-order valence-corrected chi connectivity index (χ4v) is 1.77. The summed E-state index contributed by atoms with van der Waals surface area (Å²) in [6.45, 7) is 0.628. The highest BCUT2D eigenvalue weighted by atomic mass is 79.9. The number of hydrogen-bond donors (Lipinski definition) is 0. The highest BCUT2D eigenvalue weighted by molar-refractivity contribution is 9.09. The minimum Gasteiger partial charge on any atom is -0.493 e. The van der Waals surface area contributed by atoms with Crippen LogP contribution in [0.5, 0.6) is 5.75 Å². The quantitative estimate of drug-likeness (QED) is 0.410. The number of hydrogen-bond acceptors (Lipinski definition) is 2. The molecule has 17 heavy (non-hydrogen) atoms. The first-order chi connectivity index (χ1) is 8.27. The lowest BCUT2D eigenvalue weighted by atomic mass is 10.1. The maximum Gasteiger partial charge on any atom is 0.162 e. The first kappa shape index (κ1) is 14.5. The molecule has 0 aliphatic heterocycles. The summed E-state index contributed by atoms with van der Waals surface area (Å²) in [7, 11) is 0. The number of benzene rings is 1. The van der Waals surface area contributed by atoms with Crippen LogP contribution >= 0.6 is 27.5 Å². The molecule has 0 radical (unpaired) electrons. The van der Waals surface area contributed by atoms with E-state index in [2.05, 4.69) is 15.9 Å². The van der Waals surface area contributed by atoms with E-state index in [9.17, 15) is 4.79 Å². The molecule has 94 valence electrons. The Bertz CT molecular complexity index is 338. The van der Waals surface area contributed by atoms with Gasteiger partial charge in [0.2, 0.25) is 0 Å². The Morgan fingerprint density at radius 1 is 1.24 bits per heavy atom. The lowest BCUT2D eigenvalue weighted by molar-refractivity contribution is 0.0980. The van der Waals surface area contributed by atoms with E-state index >= 15 is 0 Å². The summed E-state index contributed by atoms with van der Waals surface area (Å²) in [6, 6.07) is 7.29. The predicted molar refractivity (Wildman–Crippen MR) is 74.6 cm³/mol. The summed E-state index contributed by atoms with van der Waals surface area (Å²) >= 11 is 8.86. The highest BCUT2D eigenvalue weighted by Crippen LogP contribution is 2.14. The number of halogens is 2. The normalized spacial score (nSPS) is 10.2. The molecule has 0 saturated carbocycles. The van der Waals surface area contributed by atoms with Crippen molar-refractivity contribution >= 4 is 33.3 Å². The highest BCUT2D eigenvalue weighted by Gasteiger charge is 2.05. The van der Waals surface area contributed by atoms with Gasteiger partial charge >= 0.3 is 0 Å². The topological polar surface area (TPSA) is 26.3 Å². The van der Waals surface area contributed by atoms with E-state index in [1.807, 2.05) is 24.3 Å². The summed E-state index contributed by atoms with van der Waals surface area (Å²) in [5.41, 5.74) is 0.741. The van der Waals surface area contributed by atoms with Gasteiger partial charge in [-0.05, 0) is 37.1 Å². The van der Waals surface area contributed by atoms with Crippen molar-refractivity contribution in [2.45, 2.75) is 19.3 Å². The van der Waals surface area contributed by atoms with Crippen molar-refractivity contribution in [2.24, 2.45) is 0 Å². The average Bonchev–Trinajstić information content (AvgIpc) is 2.37. The minimum atomic E-state index is 0.169. The zero-order valence-electron chi connectivity index (χ0n) is 9.62. The van der Waals surface area contributed by atoms with Crippen LogP contribution in [0.2, 0.25) is 0 Å². The fraction of sp³-hybridized carbons (Fsp3) is 0.462. The first-order valence-corrected chi connectivity index (χ1v) is 7.31. The molecule has 0 fully saturated rings. The molecule has 0 aliphatic rings. The summed E-state index contributed by atoms with van der Waals surface area (Å²) < 4.78 is 5.41. The standard InChI is InChI=1S/C13H16BrClO2/c14-8-10-17-12-6-4-11(5-7-12)13(16)3-1-2-9-15/h4-7H,1-3,8-10H2. The molecular weight excluding hydrogens is 303 g/mol. The number of rotatable bonds is 8. The van der Waals surface area contributed by atoms with E-state index in [4.69, 9.17) is 16.3 Å². The van der Waals surface area contributed by atoms with Crippen molar-refractivity contribution in [3.8, 4) is 5.75 Å². The van der Waals surface area contributed by atoms with Gasteiger partial charge in [0.25, 0.3) is 0 Å². The van der Waals surface area contributed by atoms with Crippen molar-refractivity contribution in [2.75, 3.05) is 17.8 Å². The molecule has 1 aromatic carbocycles. The third-order valence-corrected chi connectivity index (χ3v) is 2.90. The third-order valence-electron chi connectivity index (χ3n) is 2.31. The van der Waals surface area contributed by atoms with Gasteiger partial charge in [-0.2, -0.15) is 0 Å². The van der Waals surface area contributed by atoms with Gasteiger partial charge < -0.3 is 4.74 Å². The van der Waals surface area contributed by atoms with Crippen LogP contribution in [0.25, 0.3) is 0 Å². The third kappa shape index (κ3) is 5.55. The molecule has 1 aromatic rings. The van der Waals surface area contributed by atoms with E-state index < -0.39 is 0 Å². The maximum atomic E-state index is 11.8. The Morgan fingerprint density at radius 3 is 2.53 bits per heavy atom. The molecule has 0 unspecified atom stereocenters. The second kappa shape index (κ2) is 8.54. The lowest BCUT2D eigenvalue weighted by Gasteiger charge is -2.05. The minimum absolute atomic E-state index is 0.169. The fourth-order valence-electron chi connectivity index (χ4n) is 1.42. The number of ether oxygens (including phenoxy) is 1. The molecule has 0 spiro atoms. The average molecular weight is 320 g/mol. The Hall–Kier alpha value is -0.540. The van der Waals surface area contributed by atoms with Crippen LogP contribution < -0.4 is 4.74 Å². The molecular formula is C13H16BrClO2. The molecule has 0 aromatic heterocycles. The number of alkyl halides is 2. The summed E-state index contributed by atoms with van der Waals surface area (Å²) in [5, 5.41) is 0.798. The van der Waals surface area contributed by atoms with Gasteiger partial charge in [0.15, 0.2) is 5.78 Å². The molecule has 0 atom stereocenters. The van der Waals surface area contributed by atoms with E-state index in [0.717, 1.165) is 29.5 Å². The van der Waals surface area contributed by atoms with Gasteiger partial charge in [0.1, 0.15) is 5.75 Å². The van der Waals surface area contributed by atoms with Crippen molar-refractivity contribution in [1.82, 2.24) is 0 Å². The zero-order valence-corrected chi connectivity index (χ0v) is 12.0. The Kier molecular flexibility index (Phi) is 7.29. The van der Waals surface area contributed by atoms with Crippen LogP contribution in [0.3, 0.4) is 0 Å². The van der Waals surface area contributed by atoms with E-state index in [0.29, 0.717) is 18.9 Å². The zero-order chi connectivity index (χ0) is 12.5. The smallest absolute Gasteiger partial charge is 0.162 e. The predicted octanol–water partition coefficient (Wildman–Crippen LogP) is 4.05. The van der Waals surface area contributed by atoms with Gasteiger partial charge in [-0.1, -0.05) is 15.9 Å². The first-order valence-electron chi connectivity index (χ1n) is 5.66. The molecule has 0 aliphatic carbocycles. The summed E-state index contributed by atoms with van der Waals surface area (Å²) in [4.78, 5) is 11.8. The number of ketones is 1. The number of carbonyl (C=O) groups is 1. The maximum absolute atomic E-state index is 11.8. The van der Waals surface area contributed by atoms with Crippen LogP contribution in [-0.2, 0) is 0 Å². The second-order valence-electron chi connectivity index (χ2n) is 3.63. The van der Waals surface area contributed by atoms with Crippen LogP contribution in [0.1, 0.15) is 29.6 Å². The van der Waals surface area contributed by atoms with E-state index in [-0.39, 0.29) is 5.78 Å².